The number of hydrogen-bond acceptors (Lipinski definition) is 4. The Morgan fingerprint density at radius 2 is 1.88 bits per heavy atom. The lowest BCUT2D eigenvalue weighted by molar-refractivity contribution is -0.137. The average molecular weight is 421 g/mol. The Hall–Kier alpha value is -1.12. The SMILES string of the molecule is OC[C@H](c1ccc(C(F)(F)F)cc1)N1CCC([C@H]2CC(Br)=NO2)CC1. The van der Waals surface area contributed by atoms with Crippen molar-refractivity contribution < 1.29 is 23.1 Å². The van der Waals surface area contributed by atoms with Crippen molar-refractivity contribution in [1.82, 2.24) is 4.90 Å². The molecule has 1 fully saturated rings. The number of oxime groups is 1. The number of halogens is 4. The van der Waals surface area contributed by atoms with Gasteiger partial charge in [0.15, 0.2) is 0 Å². The average Bonchev–Trinajstić information content (AvgIpc) is 3.02. The van der Waals surface area contributed by atoms with E-state index in [2.05, 4.69) is 26.0 Å². The van der Waals surface area contributed by atoms with Crippen molar-refractivity contribution in [3.63, 3.8) is 0 Å². The fourth-order valence-corrected chi connectivity index (χ4v) is 3.95. The van der Waals surface area contributed by atoms with E-state index >= 15 is 0 Å². The number of aliphatic hydroxyl groups excluding tert-OH is 1. The summed E-state index contributed by atoms with van der Waals surface area (Å²) in [6.07, 6.45) is -1.64. The van der Waals surface area contributed by atoms with Crippen LogP contribution in [0.5, 0.6) is 0 Å². The predicted molar refractivity (Wildman–Crippen MR) is 91.4 cm³/mol. The summed E-state index contributed by atoms with van der Waals surface area (Å²) in [4.78, 5) is 7.55. The van der Waals surface area contributed by atoms with E-state index in [0.717, 1.165) is 49.1 Å². The maximum Gasteiger partial charge on any atom is 0.416 e. The van der Waals surface area contributed by atoms with Crippen LogP contribution in [0, 0.1) is 5.92 Å². The smallest absolute Gasteiger partial charge is 0.394 e. The summed E-state index contributed by atoms with van der Waals surface area (Å²) in [7, 11) is 0. The Kier molecular flexibility index (Phi) is 5.70. The predicted octanol–water partition coefficient (Wildman–Crippen LogP) is 3.95. The Labute approximate surface area is 152 Å². The van der Waals surface area contributed by atoms with Gasteiger partial charge in [0.2, 0.25) is 0 Å². The van der Waals surface area contributed by atoms with E-state index in [9.17, 15) is 18.3 Å². The molecule has 25 heavy (non-hydrogen) atoms. The topological polar surface area (TPSA) is 45.1 Å². The molecular formula is C17H20BrF3N2O2. The lowest BCUT2D eigenvalue weighted by atomic mass is 9.88. The first kappa shape index (κ1) is 18.7. The summed E-state index contributed by atoms with van der Waals surface area (Å²) in [6.45, 7) is 1.42. The molecule has 0 bridgehead atoms. The molecule has 0 aliphatic carbocycles. The zero-order valence-electron chi connectivity index (χ0n) is 13.5. The van der Waals surface area contributed by atoms with Crippen molar-refractivity contribution in [1.29, 1.82) is 0 Å². The van der Waals surface area contributed by atoms with E-state index < -0.39 is 11.7 Å². The van der Waals surface area contributed by atoms with Gasteiger partial charge < -0.3 is 9.94 Å². The van der Waals surface area contributed by atoms with Crippen LogP contribution < -0.4 is 0 Å². The summed E-state index contributed by atoms with van der Waals surface area (Å²) < 4.78 is 38.9. The van der Waals surface area contributed by atoms with Gasteiger partial charge in [0, 0.05) is 12.3 Å². The highest BCUT2D eigenvalue weighted by molar-refractivity contribution is 9.18. The second-order valence-electron chi connectivity index (χ2n) is 6.51. The van der Waals surface area contributed by atoms with Crippen molar-refractivity contribution in [3.8, 4) is 0 Å². The van der Waals surface area contributed by atoms with Gasteiger partial charge in [0.25, 0.3) is 0 Å². The Bertz CT molecular complexity index is 613. The molecule has 2 atom stereocenters. The minimum Gasteiger partial charge on any atom is -0.394 e. The van der Waals surface area contributed by atoms with Crippen molar-refractivity contribution in [3.05, 3.63) is 35.4 Å². The quantitative estimate of drug-likeness (QED) is 0.801. The van der Waals surface area contributed by atoms with E-state index in [1.165, 1.54) is 12.1 Å². The minimum atomic E-state index is -4.34. The summed E-state index contributed by atoms with van der Waals surface area (Å²) in [5.74, 6) is 0.405. The highest BCUT2D eigenvalue weighted by Gasteiger charge is 2.34. The fourth-order valence-electron chi connectivity index (χ4n) is 3.55. The van der Waals surface area contributed by atoms with Crippen molar-refractivity contribution >= 4 is 20.6 Å². The zero-order chi connectivity index (χ0) is 18.0. The molecule has 1 saturated heterocycles. The molecule has 2 aliphatic rings. The molecular weight excluding hydrogens is 401 g/mol. The number of hydrogen-bond donors (Lipinski definition) is 1. The van der Waals surface area contributed by atoms with Crippen LogP contribution in [0.4, 0.5) is 13.2 Å². The van der Waals surface area contributed by atoms with Crippen molar-refractivity contribution in [2.75, 3.05) is 19.7 Å². The number of benzene rings is 1. The van der Waals surface area contributed by atoms with Crippen molar-refractivity contribution in [2.24, 2.45) is 11.1 Å². The normalized spacial score (nSPS) is 24.0. The number of nitrogens with zero attached hydrogens (tertiary/aromatic N) is 2. The lowest BCUT2D eigenvalue weighted by Gasteiger charge is -2.38. The second kappa shape index (κ2) is 7.63. The molecule has 8 heteroatoms. The van der Waals surface area contributed by atoms with Crippen LogP contribution in [0.3, 0.4) is 0 Å². The van der Waals surface area contributed by atoms with Crippen LogP contribution in [0.15, 0.2) is 29.4 Å². The Morgan fingerprint density at radius 1 is 1.24 bits per heavy atom. The highest BCUT2D eigenvalue weighted by Crippen LogP contribution is 2.34. The summed E-state index contributed by atoms with van der Waals surface area (Å²) in [6, 6.07) is 4.79. The molecule has 0 aromatic heterocycles. The maximum atomic E-state index is 12.7. The van der Waals surface area contributed by atoms with Crippen LogP contribution in [0.1, 0.15) is 36.4 Å². The number of likely N-dealkylation sites (tertiary alicyclic amines) is 1. The third-order valence-electron chi connectivity index (χ3n) is 4.99. The summed E-state index contributed by atoms with van der Waals surface area (Å²) >= 11 is 3.34. The number of rotatable bonds is 4. The van der Waals surface area contributed by atoms with Gasteiger partial charge in [0.05, 0.1) is 18.2 Å². The summed E-state index contributed by atoms with van der Waals surface area (Å²) in [5, 5.41) is 13.7. The fraction of sp³-hybridized carbons (Fsp3) is 0.588. The van der Waals surface area contributed by atoms with E-state index in [1.807, 2.05) is 0 Å². The first-order valence-electron chi connectivity index (χ1n) is 8.28. The first-order chi connectivity index (χ1) is 11.9. The summed E-state index contributed by atoms with van der Waals surface area (Å²) in [5.41, 5.74) is 0.0350. The van der Waals surface area contributed by atoms with Gasteiger partial charge in [-0.15, -0.1) is 0 Å². The molecule has 1 N–H and O–H groups in total. The van der Waals surface area contributed by atoms with Gasteiger partial charge in [-0.2, -0.15) is 13.2 Å². The van der Waals surface area contributed by atoms with Gasteiger partial charge in [-0.25, -0.2) is 0 Å². The second-order valence-corrected chi connectivity index (χ2v) is 7.42. The maximum absolute atomic E-state index is 12.7. The monoisotopic (exact) mass is 420 g/mol. The van der Waals surface area contributed by atoms with Crippen LogP contribution in [0.25, 0.3) is 0 Å². The first-order valence-corrected chi connectivity index (χ1v) is 9.08. The van der Waals surface area contributed by atoms with Gasteiger partial charge in [0.1, 0.15) is 10.7 Å². The number of piperidine rings is 1. The van der Waals surface area contributed by atoms with Gasteiger partial charge >= 0.3 is 6.18 Å². The molecule has 4 nitrogen and oxygen atoms in total. The van der Waals surface area contributed by atoms with E-state index in [0.29, 0.717) is 11.5 Å². The molecule has 1 aromatic rings. The molecule has 0 radical (unpaired) electrons. The number of alkyl halides is 3. The van der Waals surface area contributed by atoms with E-state index in [1.54, 1.807) is 0 Å². The van der Waals surface area contributed by atoms with Gasteiger partial charge in [-0.1, -0.05) is 17.3 Å². The molecule has 138 valence electrons. The zero-order valence-corrected chi connectivity index (χ0v) is 15.1. The van der Waals surface area contributed by atoms with Crippen LogP contribution in [-0.2, 0) is 11.0 Å². The molecule has 3 rings (SSSR count). The lowest BCUT2D eigenvalue weighted by Crippen LogP contribution is -2.41. The standard InChI is InChI=1S/C17H20BrF3N2O2/c18-16-9-15(25-22-16)12-5-7-23(8-6-12)14(10-24)11-1-3-13(4-2-11)17(19,20)21/h1-4,12,14-15,24H,5-10H2/t14-,15-/m1/s1. The Balaban J connectivity index is 1.61. The molecule has 0 unspecified atom stereocenters. The molecule has 0 spiro atoms. The Morgan fingerprint density at radius 3 is 2.36 bits per heavy atom. The van der Waals surface area contributed by atoms with Gasteiger partial charge in [-0.3, -0.25) is 4.90 Å². The van der Waals surface area contributed by atoms with Crippen molar-refractivity contribution in [2.45, 2.75) is 37.6 Å². The molecule has 2 aliphatic heterocycles. The largest absolute Gasteiger partial charge is 0.416 e. The van der Waals surface area contributed by atoms with Gasteiger partial charge in [-0.05, 0) is 59.6 Å². The minimum absolute atomic E-state index is 0.0928. The van der Waals surface area contributed by atoms with E-state index in [-0.39, 0.29) is 18.8 Å². The molecule has 2 heterocycles. The highest BCUT2D eigenvalue weighted by atomic mass is 79.9. The van der Waals surface area contributed by atoms with Crippen LogP contribution in [-0.4, -0.2) is 40.4 Å². The number of aliphatic hydroxyl groups is 1. The van der Waals surface area contributed by atoms with E-state index in [4.69, 9.17) is 4.84 Å². The molecule has 1 aromatic carbocycles. The van der Waals surface area contributed by atoms with Crippen LogP contribution >= 0.6 is 15.9 Å². The molecule has 0 amide bonds. The molecule has 0 saturated carbocycles. The third-order valence-corrected chi connectivity index (χ3v) is 5.46. The third kappa shape index (κ3) is 4.35. The van der Waals surface area contributed by atoms with Crippen LogP contribution in [0.2, 0.25) is 0 Å².